The van der Waals surface area contributed by atoms with E-state index in [1.807, 2.05) is 48.5 Å². The summed E-state index contributed by atoms with van der Waals surface area (Å²) in [5.74, 6) is 1.16. The van der Waals surface area contributed by atoms with Gasteiger partial charge in [-0.2, -0.15) is 5.10 Å². The summed E-state index contributed by atoms with van der Waals surface area (Å²) in [5.41, 5.74) is 1.60. The van der Waals surface area contributed by atoms with E-state index < -0.39 is 0 Å². The molecule has 0 atom stereocenters. The highest BCUT2D eigenvalue weighted by Gasteiger charge is 2.13. The Bertz CT molecular complexity index is 1150. The quantitative estimate of drug-likeness (QED) is 0.313. The summed E-state index contributed by atoms with van der Waals surface area (Å²) in [6.07, 6.45) is 3.34. The highest BCUT2D eigenvalue weighted by Crippen LogP contribution is 2.18. The van der Waals surface area contributed by atoms with Crippen LogP contribution in [0.2, 0.25) is 5.02 Å². The van der Waals surface area contributed by atoms with E-state index in [0.29, 0.717) is 23.0 Å². The Labute approximate surface area is 191 Å². The van der Waals surface area contributed by atoms with Gasteiger partial charge in [-0.15, -0.1) is 0 Å². The number of halogens is 2. The summed E-state index contributed by atoms with van der Waals surface area (Å²) in [6, 6.07) is 18.6. The standard InChI is InChI=1S/C22H17ClIN3O3/c23-16-3-1-2-15(10-16)12-27-13-18(11-25-27)26-22(28)21-9-8-20(30-21)14-29-19-6-4-17(24)5-7-19/h1-11,13H,12,14H2,(H,26,28). The van der Waals surface area contributed by atoms with Gasteiger partial charge < -0.3 is 14.5 Å². The Balaban J connectivity index is 1.33. The van der Waals surface area contributed by atoms with Gasteiger partial charge in [0.25, 0.3) is 5.91 Å². The summed E-state index contributed by atoms with van der Waals surface area (Å²) in [6.45, 7) is 0.794. The van der Waals surface area contributed by atoms with Crippen molar-refractivity contribution in [3.8, 4) is 5.75 Å². The summed E-state index contributed by atoms with van der Waals surface area (Å²) < 4.78 is 14.1. The number of anilines is 1. The number of benzene rings is 2. The van der Waals surface area contributed by atoms with E-state index in [1.54, 1.807) is 29.2 Å². The lowest BCUT2D eigenvalue weighted by Crippen LogP contribution is -2.10. The van der Waals surface area contributed by atoms with Gasteiger partial charge in [-0.25, -0.2) is 0 Å². The van der Waals surface area contributed by atoms with Crippen molar-refractivity contribution in [2.24, 2.45) is 0 Å². The molecule has 0 fully saturated rings. The Morgan fingerprint density at radius 3 is 2.80 bits per heavy atom. The molecule has 0 radical (unpaired) electrons. The Morgan fingerprint density at radius 2 is 2.00 bits per heavy atom. The van der Waals surface area contributed by atoms with E-state index in [1.165, 1.54) is 0 Å². The van der Waals surface area contributed by atoms with E-state index in [0.717, 1.165) is 14.9 Å². The maximum absolute atomic E-state index is 12.5. The molecule has 0 aliphatic rings. The average molecular weight is 534 g/mol. The molecule has 6 nitrogen and oxygen atoms in total. The predicted octanol–water partition coefficient (Wildman–Crippen LogP) is 5.61. The van der Waals surface area contributed by atoms with Crippen molar-refractivity contribution in [3.63, 3.8) is 0 Å². The lowest BCUT2D eigenvalue weighted by molar-refractivity contribution is 0.0992. The van der Waals surface area contributed by atoms with Gasteiger partial charge in [-0.3, -0.25) is 9.48 Å². The normalized spacial score (nSPS) is 10.7. The molecule has 0 spiro atoms. The third-order valence-corrected chi connectivity index (χ3v) is 5.16. The fourth-order valence-corrected chi connectivity index (χ4v) is 3.36. The summed E-state index contributed by atoms with van der Waals surface area (Å²) in [4.78, 5) is 12.5. The zero-order valence-corrected chi connectivity index (χ0v) is 18.6. The zero-order valence-electron chi connectivity index (χ0n) is 15.7. The molecule has 0 aliphatic heterocycles. The first-order valence-electron chi connectivity index (χ1n) is 9.10. The van der Waals surface area contributed by atoms with Crippen molar-refractivity contribution in [1.29, 1.82) is 0 Å². The van der Waals surface area contributed by atoms with Crippen LogP contribution >= 0.6 is 34.2 Å². The number of carbonyl (C=O) groups excluding carboxylic acids is 1. The maximum atomic E-state index is 12.5. The topological polar surface area (TPSA) is 69.3 Å². The predicted molar refractivity (Wildman–Crippen MR) is 123 cm³/mol. The number of amides is 1. The second-order valence-electron chi connectivity index (χ2n) is 6.52. The van der Waals surface area contributed by atoms with Crippen molar-refractivity contribution < 1.29 is 13.9 Å². The summed E-state index contributed by atoms with van der Waals surface area (Å²) >= 11 is 8.25. The smallest absolute Gasteiger partial charge is 0.291 e. The minimum Gasteiger partial charge on any atom is -0.486 e. The third-order valence-electron chi connectivity index (χ3n) is 4.20. The van der Waals surface area contributed by atoms with Crippen molar-refractivity contribution >= 4 is 45.8 Å². The molecule has 0 unspecified atom stereocenters. The number of ether oxygens (including phenoxy) is 1. The molecule has 0 saturated heterocycles. The lowest BCUT2D eigenvalue weighted by Gasteiger charge is -2.04. The van der Waals surface area contributed by atoms with Gasteiger partial charge in [0, 0.05) is 14.8 Å². The Hall–Kier alpha value is -2.78. The fourth-order valence-electron chi connectivity index (χ4n) is 2.79. The van der Waals surface area contributed by atoms with Gasteiger partial charge in [-0.1, -0.05) is 23.7 Å². The first-order chi connectivity index (χ1) is 14.5. The van der Waals surface area contributed by atoms with Crippen LogP contribution in [0.5, 0.6) is 5.75 Å². The molecule has 0 saturated carbocycles. The molecule has 2 aromatic heterocycles. The zero-order chi connectivity index (χ0) is 20.9. The SMILES string of the molecule is O=C(Nc1cnn(Cc2cccc(Cl)c2)c1)c1ccc(COc2ccc(I)cc2)o1. The van der Waals surface area contributed by atoms with Gasteiger partial charge >= 0.3 is 0 Å². The van der Waals surface area contributed by atoms with Gasteiger partial charge in [0.05, 0.1) is 18.4 Å². The van der Waals surface area contributed by atoms with Crippen LogP contribution < -0.4 is 10.1 Å². The van der Waals surface area contributed by atoms with Crippen LogP contribution in [0.1, 0.15) is 21.9 Å². The summed E-state index contributed by atoms with van der Waals surface area (Å²) in [5, 5.41) is 7.73. The first kappa shape index (κ1) is 20.5. The molecular weight excluding hydrogens is 517 g/mol. The second-order valence-corrected chi connectivity index (χ2v) is 8.20. The van der Waals surface area contributed by atoms with E-state index in [9.17, 15) is 4.79 Å². The molecule has 1 N–H and O–H groups in total. The lowest BCUT2D eigenvalue weighted by atomic mass is 10.2. The molecule has 30 heavy (non-hydrogen) atoms. The minimum atomic E-state index is -0.349. The van der Waals surface area contributed by atoms with Crippen LogP contribution in [0.15, 0.2) is 77.5 Å². The molecule has 4 aromatic rings. The van der Waals surface area contributed by atoms with Gasteiger partial charge in [-0.05, 0) is 76.7 Å². The molecule has 2 heterocycles. The molecule has 8 heteroatoms. The maximum Gasteiger partial charge on any atom is 0.291 e. The van der Waals surface area contributed by atoms with E-state index >= 15 is 0 Å². The van der Waals surface area contributed by atoms with Gasteiger partial charge in [0.2, 0.25) is 0 Å². The van der Waals surface area contributed by atoms with Crippen molar-refractivity contribution in [2.45, 2.75) is 13.2 Å². The molecule has 4 rings (SSSR count). The number of nitrogens with zero attached hydrogens (tertiary/aromatic N) is 2. The number of hydrogen-bond acceptors (Lipinski definition) is 4. The molecular formula is C22H17ClIN3O3. The molecule has 1 amide bonds. The molecule has 0 bridgehead atoms. The molecule has 2 aromatic carbocycles. The van der Waals surface area contributed by atoms with Crippen LogP contribution in [0.25, 0.3) is 0 Å². The second kappa shape index (κ2) is 9.36. The number of aromatic nitrogens is 2. The highest BCUT2D eigenvalue weighted by molar-refractivity contribution is 14.1. The highest BCUT2D eigenvalue weighted by atomic mass is 127. The van der Waals surface area contributed by atoms with Crippen LogP contribution in [0.3, 0.4) is 0 Å². The van der Waals surface area contributed by atoms with Crippen molar-refractivity contribution in [3.05, 3.63) is 98.7 Å². The van der Waals surface area contributed by atoms with Crippen LogP contribution in [-0.2, 0) is 13.2 Å². The van der Waals surface area contributed by atoms with Crippen molar-refractivity contribution in [1.82, 2.24) is 9.78 Å². The number of rotatable bonds is 7. The molecule has 0 aliphatic carbocycles. The number of nitrogens with one attached hydrogen (secondary N) is 1. The van der Waals surface area contributed by atoms with Crippen molar-refractivity contribution in [2.75, 3.05) is 5.32 Å². The monoisotopic (exact) mass is 533 g/mol. The van der Waals surface area contributed by atoms with E-state index in [4.69, 9.17) is 20.8 Å². The van der Waals surface area contributed by atoms with Crippen LogP contribution in [0, 0.1) is 3.57 Å². The number of furan rings is 1. The minimum absolute atomic E-state index is 0.207. The summed E-state index contributed by atoms with van der Waals surface area (Å²) in [7, 11) is 0. The van der Waals surface area contributed by atoms with Gasteiger partial charge in [0.1, 0.15) is 18.1 Å². The van der Waals surface area contributed by atoms with E-state index in [2.05, 4.69) is 33.0 Å². The Kier molecular flexibility index (Phi) is 6.39. The van der Waals surface area contributed by atoms with Crippen LogP contribution in [-0.4, -0.2) is 15.7 Å². The fraction of sp³-hybridized carbons (Fsp3) is 0.0909. The third kappa shape index (κ3) is 5.43. The Morgan fingerprint density at radius 1 is 1.17 bits per heavy atom. The van der Waals surface area contributed by atoms with E-state index in [-0.39, 0.29) is 18.3 Å². The first-order valence-corrected chi connectivity index (χ1v) is 10.6. The average Bonchev–Trinajstić information content (AvgIpc) is 3.37. The number of carbonyl (C=O) groups is 1. The largest absolute Gasteiger partial charge is 0.486 e. The van der Waals surface area contributed by atoms with Gasteiger partial charge in [0.15, 0.2) is 5.76 Å². The van der Waals surface area contributed by atoms with Crippen LogP contribution in [0.4, 0.5) is 5.69 Å². The number of hydrogen-bond donors (Lipinski definition) is 1. The molecule has 152 valence electrons.